The summed E-state index contributed by atoms with van der Waals surface area (Å²) in [4.78, 5) is 12.7. The molecule has 0 aliphatic rings. The zero-order chi connectivity index (χ0) is 21.7. The van der Waals surface area contributed by atoms with Crippen molar-refractivity contribution in [1.82, 2.24) is 5.32 Å². The Morgan fingerprint density at radius 1 is 0.933 bits per heavy atom. The molecule has 0 aliphatic heterocycles. The molecule has 0 radical (unpaired) electrons. The number of aryl methyl sites for hydroxylation is 2. The monoisotopic (exact) mass is 422 g/mol. The predicted molar refractivity (Wildman–Crippen MR) is 120 cm³/mol. The quantitative estimate of drug-likeness (QED) is 0.583. The highest BCUT2D eigenvalue weighted by Crippen LogP contribution is 2.21. The zero-order valence-electron chi connectivity index (χ0n) is 17.3. The largest absolute Gasteiger partial charge is 0.351 e. The van der Waals surface area contributed by atoms with Crippen LogP contribution in [0.25, 0.3) is 0 Å². The van der Waals surface area contributed by atoms with E-state index in [-0.39, 0.29) is 16.7 Å². The van der Waals surface area contributed by atoms with Crippen LogP contribution in [0, 0.1) is 13.8 Å². The fraction of sp³-hybridized carbons (Fsp3) is 0.208. The molecule has 3 rings (SSSR count). The number of anilines is 1. The molecule has 0 aromatic heterocycles. The molecule has 0 bridgehead atoms. The van der Waals surface area contributed by atoms with E-state index in [9.17, 15) is 13.2 Å². The second kappa shape index (κ2) is 9.13. The lowest BCUT2D eigenvalue weighted by atomic mass is 10.0. The van der Waals surface area contributed by atoms with E-state index in [2.05, 4.69) is 10.0 Å². The highest BCUT2D eigenvalue weighted by Gasteiger charge is 2.19. The minimum absolute atomic E-state index is 0.0897. The van der Waals surface area contributed by atoms with Gasteiger partial charge in [0, 0.05) is 17.8 Å². The summed E-state index contributed by atoms with van der Waals surface area (Å²) in [5, 5.41) is 2.90. The predicted octanol–water partition coefficient (Wildman–Crippen LogP) is 4.64. The number of amides is 1. The van der Waals surface area contributed by atoms with Gasteiger partial charge in [-0.15, -0.1) is 0 Å². The Labute approximate surface area is 178 Å². The van der Waals surface area contributed by atoms with Gasteiger partial charge < -0.3 is 5.32 Å². The summed E-state index contributed by atoms with van der Waals surface area (Å²) in [6, 6.07) is 21.7. The standard InChI is InChI=1S/C24H26N2O3S/c1-17-9-13-22(14-10-17)26-30(28,29)23-15-21(12-11-18(23)2)24(27)25-16-19(3)20-7-5-4-6-8-20/h4-15,19,26H,16H2,1-3H3,(H,25,27)/t19-/m0/s1. The van der Waals surface area contributed by atoms with Crippen LogP contribution in [-0.4, -0.2) is 20.9 Å². The first-order valence-electron chi connectivity index (χ1n) is 9.79. The van der Waals surface area contributed by atoms with Crippen molar-refractivity contribution in [3.8, 4) is 0 Å². The molecular weight excluding hydrogens is 396 g/mol. The van der Waals surface area contributed by atoms with E-state index in [1.54, 1.807) is 31.2 Å². The number of rotatable bonds is 7. The average molecular weight is 423 g/mol. The Balaban J connectivity index is 1.75. The number of carbonyl (C=O) groups excluding carboxylic acids is 1. The number of sulfonamides is 1. The number of benzene rings is 3. The molecule has 0 saturated heterocycles. The molecule has 0 aliphatic carbocycles. The van der Waals surface area contributed by atoms with Crippen LogP contribution in [-0.2, 0) is 10.0 Å². The van der Waals surface area contributed by atoms with Crippen molar-refractivity contribution >= 4 is 21.6 Å². The van der Waals surface area contributed by atoms with E-state index in [1.807, 2.05) is 56.3 Å². The van der Waals surface area contributed by atoms with Crippen LogP contribution in [0.15, 0.2) is 77.7 Å². The maximum Gasteiger partial charge on any atom is 0.262 e. The lowest BCUT2D eigenvalue weighted by molar-refractivity contribution is 0.0951. The summed E-state index contributed by atoms with van der Waals surface area (Å²) < 4.78 is 28.4. The van der Waals surface area contributed by atoms with Crippen LogP contribution in [0.4, 0.5) is 5.69 Å². The van der Waals surface area contributed by atoms with Gasteiger partial charge in [0.25, 0.3) is 15.9 Å². The number of nitrogens with one attached hydrogen (secondary N) is 2. The van der Waals surface area contributed by atoms with Crippen molar-refractivity contribution in [2.45, 2.75) is 31.6 Å². The molecule has 30 heavy (non-hydrogen) atoms. The van der Waals surface area contributed by atoms with Crippen LogP contribution >= 0.6 is 0 Å². The normalized spacial score (nSPS) is 12.2. The van der Waals surface area contributed by atoms with Crippen LogP contribution in [0.1, 0.15) is 39.9 Å². The molecule has 3 aromatic rings. The summed E-state index contributed by atoms with van der Waals surface area (Å²) in [5.74, 6) is -0.156. The highest BCUT2D eigenvalue weighted by atomic mass is 32.2. The van der Waals surface area contributed by atoms with Gasteiger partial charge >= 0.3 is 0 Å². The Bertz CT molecular complexity index is 1120. The number of hydrogen-bond acceptors (Lipinski definition) is 3. The Kier molecular flexibility index (Phi) is 6.57. The molecule has 0 heterocycles. The molecule has 2 N–H and O–H groups in total. The van der Waals surface area contributed by atoms with Crippen LogP contribution < -0.4 is 10.0 Å². The average Bonchev–Trinajstić information content (AvgIpc) is 2.74. The van der Waals surface area contributed by atoms with Crippen molar-refractivity contribution in [2.24, 2.45) is 0 Å². The first-order chi connectivity index (χ1) is 14.3. The van der Waals surface area contributed by atoms with Crippen LogP contribution in [0.3, 0.4) is 0 Å². The summed E-state index contributed by atoms with van der Waals surface area (Å²) in [6.07, 6.45) is 0. The van der Waals surface area contributed by atoms with Gasteiger partial charge in [-0.2, -0.15) is 0 Å². The molecule has 0 spiro atoms. The van der Waals surface area contributed by atoms with Crippen molar-refractivity contribution in [2.75, 3.05) is 11.3 Å². The molecule has 5 nitrogen and oxygen atoms in total. The summed E-state index contributed by atoms with van der Waals surface area (Å²) >= 11 is 0. The first kappa shape index (κ1) is 21.6. The number of carbonyl (C=O) groups is 1. The maximum absolute atomic E-state index is 12.9. The van der Waals surface area contributed by atoms with Crippen molar-refractivity contribution < 1.29 is 13.2 Å². The van der Waals surface area contributed by atoms with Gasteiger partial charge in [0.1, 0.15) is 0 Å². The molecule has 1 amide bonds. The minimum Gasteiger partial charge on any atom is -0.351 e. The molecule has 1 atom stereocenters. The van der Waals surface area contributed by atoms with E-state index in [1.165, 1.54) is 6.07 Å². The Hall–Kier alpha value is -3.12. The van der Waals surface area contributed by atoms with Gasteiger partial charge in [0.15, 0.2) is 0 Å². The zero-order valence-corrected chi connectivity index (χ0v) is 18.2. The van der Waals surface area contributed by atoms with E-state index in [0.717, 1.165) is 11.1 Å². The van der Waals surface area contributed by atoms with E-state index < -0.39 is 10.0 Å². The lowest BCUT2D eigenvalue weighted by Gasteiger charge is -2.15. The van der Waals surface area contributed by atoms with Gasteiger partial charge in [0.05, 0.1) is 4.90 Å². The third-order valence-electron chi connectivity index (χ3n) is 4.98. The molecule has 0 fully saturated rings. The van der Waals surface area contributed by atoms with Crippen molar-refractivity contribution in [3.05, 3.63) is 95.1 Å². The van der Waals surface area contributed by atoms with Crippen LogP contribution in [0.2, 0.25) is 0 Å². The second-order valence-corrected chi connectivity index (χ2v) is 9.12. The number of hydrogen-bond donors (Lipinski definition) is 2. The van der Waals surface area contributed by atoms with Crippen molar-refractivity contribution in [3.63, 3.8) is 0 Å². The molecule has 156 valence electrons. The second-order valence-electron chi connectivity index (χ2n) is 7.47. The SMILES string of the molecule is Cc1ccc(NS(=O)(=O)c2cc(C(=O)NC[C@H](C)c3ccccc3)ccc2C)cc1. The summed E-state index contributed by atoms with van der Waals surface area (Å²) in [6.45, 7) is 6.14. The van der Waals surface area contributed by atoms with E-state index >= 15 is 0 Å². The molecule has 0 saturated carbocycles. The van der Waals surface area contributed by atoms with E-state index in [4.69, 9.17) is 0 Å². The van der Waals surface area contributed by atoms with Gasteiger partial charge in [0.2, 0.25) is 0 Å². The summed E-state index contributed by atoms with van der Waals surface area (Å²) in [7, 11) is -3.82. The molecule has 3 aromatic carbocycles. The van der Waals surface area contributed by atoms with Crippen molar-refractivity contribution in [1.29, 1.82) is 0 Å². The topological polar surface area (TPSA) is 75.3 Å². The minimum atomic E-state index is -3.82. The first-order valence-corrected chi connectivity index (χ1v) is 11.3. The van der Waals surface area contributed by atoms with Gasteiger partial charge in [-0.25, -0.2) is 8.42 Å². The van der Waals surface area contributed by atoms with E-state index in [0.29, 0.717) is 23.4 Å². The molecule has 6 heteroatoms. The van der Waals surface area contributed by atoms with Gasteiger partial charge in [-0.1, -0.05) is 61.0 Å². The highest BCUT2D eigenvalue weighted by molar-refractivity contribution is 7.92. The Morgan fingerprint density at radius 2 is 1.60 bits per heavy atom. The van der Waals surface area contributed by atoms with Gasteiger partial charge in [-0.3, -0.25) is 9.52 Å². The molecule has 0 unspecified atom stereocenters. The van der Waals surface area contributed by atoms with Gasteiger partial charge in [-0.05, 0) is 55.2 Å². The molecular formula is C24H26N2O3S. The summed E-state index contributed by atoms with van der Waals surface area (Å²) in [5.41, 5.74) is 3.53. The lowest BCUT2D eigenvalue weighted by Crippen LogP contribution is -2.28. The smallest absolute Gasteiger partial charge is 0.262 e. The Morgan fingerprint density at radius 3 is 2.27 bits per heavy atom. The fourth-order valence-electron chi connectivity index (χ4n) is 3.11. The third-order valence-corrected chi connectivity index (χ3v) is 6.50. The van der Waals surface area contributed by atoms with Crippen LogP contribution in [0.5, 0.6) is 0 Å². The maximum atomic E-state index is 12.9. The fourth-order valence-corrected chi connectivity index (χ4v) is 4.44. The third kappa shape index (κ3) is 5.27.